The fourth-order valence-electron chi connectivity index (χ4n) is 1.42. The largest absolute Gasteiger partial charge is 0.369 e. The van der Waals surface area contributed by atoms with E-state index in [2.05, 4.69) is 31.0 Å². The lowest BCUT2D eigenvalue weighted by Gasteiger charge is -2.04. The van der Waals surface area contributed by atoms with E-state index in [-0.39, 0.29) is 11.6 Å². The third-order valence-corrected chi connectivity index (χ3v) is 2.31. The second-order valence-corrected chi connectivity index (χ2v) is 3.73. The number of anilines is 1. The smallest absolute Gasteiger partial charge is 0.272 e. The van der Waals surface area contributed by atoms with Gasteiger partial charge in [0.05, 0.1) is 12.2 Å². The van der Waals surface area contributed by atoms with Gasteiger partial charge in [0.2, 0.25) is 0 Å². The first kappa shape index (κ1) is 12.9. The van der Waals surface area contributed by atoms with E-state index in [1.807, 2.05) is 6.92 Å². The van der Waals surface area contributed by atoms with Crippen molar-refractivity contribution < 1.29 is 4.79 Å². The van der Waals surface area contributed by atoms with E-state index in [4.69, 9.17) is 0 Å². The van der Waals surface area contributed by atoms with Crippen LogP contribution in [-0.4, -0.2) is 32.8 Å². The first-order chi connectivity index (χ1) is 9.29. The van der Waals surface area contributed by atoms with Crippen LogP contribution < -0.4 is 10.6 Å². The van der Waals surface area contributed by atoms with Gasteiger partial charge in [0.25, 0.3) is 5.91 Å². The lowest BCUT2D eigenvalue weighted by molar-refractivity contribution is 0.0944. The Morgan fingerprint density at radius 1 is 1.21 bits per heavy atom. The van der Waals surface area contributed by atoms with Crippen molar-refractivity contribution in [3.8, 4) is 0 Å². The van der Waals surface area contributed by atoms with Crippen LogP contribution >= 0.6 is 0 Å². The van der Waals surface area contributed by atoms with Gasteiger partial charge in [-0.15, -0.1) is 10.2 Å². The topological polar surface area (TPSA) is 92.7 Å². The summed E-state index contributed by atoms with van der Waals surface area (Å²) in [4.78, 5) is 11.8. The van der Waals surface area contributed by atoms with E-state index in [0.717, 1.165) is 6.54 Å². The minimum Gasteiger partial charge on any atom is -0.369 e. The second-order valence-electron chi connectivity index (χ2n) is 3.73. The van der Waals surface area contributed by atoms with Gasteiger partial charge in [-0.05, 0) is 31.2 Å². The highest BCUT2D eigenvalue weighted by Gasteiger charge is 2.08. The zero-order valence-corrected chi connectivity index (χ0v) is 10.5. The van der Waals surface area contributed by atoms with Crippen LogP contribution in [0.5, 0.6) is 0 Å². The van der Waals surface area contributed by atoms with Crippen molar-refractivity contribution in [1.82, 2.24) is 25.7 Å². The first-order valence-corrected chi connectivity index (χ1v) is 5.92. The molecular formula is C12H14N6O. The van der Waals surface area contributed by atoms with Crippen LogP contribution in [0, 0.1) is 0 Å². The molecule has 98 valence electrons. The summed E-state index contributed by atoms with van der Waals surface area (Å²) in [6.07, 6.45) is 1.58. The van der Waals surface area contributed by atoms with Gasteiger partial charge < -0.3 is 10.6 Å². The maximum absolute atomic E-state index is 11.8. The molecule has 0 aliphatic rings. The number of hydrogen-bond acceptors (Lipinski definition) is 6. The van der Waals surface area contributed by atoms with Crippen LogP contribution in [-0.2, 0) is 6.54 Å². The highest BCUT2D eigenvalue weighted by atomic mass is 16.1. The van der Waals surface area contributed by atoms with Gasteiger partial charge in [-0.1, -0.05) is 0 Å². The maximum atomic E-state index is 11.8. The molecule has 2 aromatic rings. The summed E-state index contributed by atoms with van der Waals surface area (Å²) in [5.41, 5.74) is 0.957. The SMILES string of the molecule is CCNc1ccc(C(=O)NCc2cccnn2)nn1. The molecule has 0 aliphatic heterocycles. The summed E-state index contributed by atoms with van der Waals surface area (Å²) in [5.74, 6) is 0.356. The van der Waals surface area contributed by atoms with Crippen molar-refractivity contribution in [2.75, 3.05) is 11.9 Å². The van der Waals surface area contributed by atoms with Crippen molar-refractivity contribution in [2.45, 2.75) is 13.5 Å². The first-order valence-electron chi connectivity index (χ1n) is 5.92. The minimum atomic E-state index is -0.291. The molecule has 0 bridgehead atoms. The number of hydrogen-bond donors (Lipinski definition) is 2. The quantitative estimate of drug-likeness (QED) is 0.817. The van der Waals surface area contributed by atoms with Gasteiger partial charge in [-0.2, -0.15) is 10.2 Å². The predicted octanol–water partition coefficient (Wildman–Crippen LogP) is 0.628. The summed E-state index contributed by atoms with van der Waals surface area (Å²) in [6.45, 7) is 3.03. The molecule has 0 aliphatic carbocycles. The minimum absolute atomic E-state index is 0.269. The number of carbonyl (C=O) groups excluding carboxylic acids is 1. The molecule has 0 aromatic carbocycles. The summed E-state index contributed by atoms with van der Waals surface area (Å²) in [5, 5.41) is 21.1. The third kappa shape index (κ3) is 3.70. The zero-order chi connectivity index (χ0) is 13.5. The Morgan fingerprint density at radius 2 is 2.11 bits per heavy atom. The third-order valence-electron chi connectivity index (χ3n) is 2.31. The Labute approximate surface area is 110 Å². The van der Waals surface area contributed by atoms with Crippen LogP contribution in [0.2, 0.25) is 0 Å². The molecule has 0 saturated carbocycles. The fraction of sp³-hybridized carbons (Fsp3) is 0.250. The van der Waals surface area contributed by atoms with Crippen molar-refractivity contribution in [3.63, 3.8) is 0 Å². The van der Waals surface area contributed by atoms with E-state index >= 15 is 0 Å². The van der Waals surface area contributed by atoms with Crippen LogP contribution in [0.15, 0.2) is 30.5 Å². The maximum Gasteiger partial charge on any atom is 0.272 e. The number of carbonyl (C=O) groups is 1. The Kier molecular flexibility index (Phi) is 4.33. The summed E-state index contributed by atoms with van der Waals surface area (Å²) >= 11 is 0. The Bertz CT molecular complexity index is 528. The lowest BCUT2D eigenvalue weighted by Crippen LogP contribution is -2.24. The van der Waals surface area contributed by atoms with Gasteiger partial charge in [-0.25, -0.2) is 0 Å². The zero-order valence-electron chi connectivity index (χ0n) is 10.5. The Balaban J connectivity index is 1.92. The van der Waals surface area contributed by atoms with Gasteiger partial charge in [0.15, 0.2) is 5.69 Å². The molecule has 7 heteroatoms. The molecule has 2 rings (SSSR count). The van der Waals surface area contributed by atoms with Crippen LogP contribution in [0.1, 0.15) is 23.1 Å². The summed E-state index contributed by atoms with van der Waals surface area (Å²) in [6, 6.07) is 6.89. The molecule has 19 heavy (non-hydrogen) atoms. The average molecular weight is 258 g/mol. The molecule has 2 heterocycles. The molecule has 0 atom stereocenters. The van der Waals surface area contributed by atoms with Crippen molar-refractivity contribution in [2.24, 2.45) is 0 Å². The number of amides is 1. The van der Waals surface area contributed by atoms with Crippen molar-refractivity contribution in [1.29, 1.82) is 0 Å². The van der Waals surface area contributed by atoms with Gasteiger partial charge in [0, 0.05) is 12.7 Å². The number of aromatic nitrogens is 4. The van der Waals surface area contributed by atoms with Gasteiger partial charge in [-0.3, -0.25) is 4.79 Å². The fourth-order valence-corrected chi connectivity index (χ4v) is 1.42. The summed E-state index contributed by atoms with van der Waals surface area (Å²) in [7, 11) is 0. The number of nitrogens with zero attached hydrogens (tertiary/aromatic N) is 4. The van der Waals surface area contributed by atoms with E-state index in [1.165, 1.54) is 0 Å². The number of nitrogens with one attached hydrogen (secondary N) is 2. The van der Waals surface area contributed by atoms with Crippen molar-refractivity contribution in [3.05, 3.63) is 41.9 Å². The highest BCUT2D eigenvalue weighted by molar-refractivity contribution is 5.92. The molecule has 0 spiro atoms. The number of rotatable bonds is 5. The summed E-state index contributed by atoms with van der Waals surface area (Å²) < 4.78 is 0. The monoisotopic (exact) mass is 258 g/mol. The molecule has 0 fully saturated rings. The normalized spacial score (nSPS) is 9.95. The highest BCUT2D eigenvalue weighted by Crippen LogP contribution is 2.01. The standard InChI is InChI=1S/C12H14N6O/c1-2-13-11-6-5-10(17-18-11)12(19)14-8-9-4-3-7-15-16-9/h3-7H,2,8H2,1H3,(H,13,18)(H,14,19). The van der Waals surface area contributed by atoms with E-state index in [9.17, 15) is 4.79 Å². The van der Waals surface area contributed by atoms with Crippen LogP contribution in [0.3, 0.4) is 0 Å². The van der Waals surface area contributed by atoms with Crippen molar-refractivity contribution >= 4 is 11.7 Å². The molecule has 1 amide bonds. The molecule has 2 aromatic heterocycles. The molecule has 2 N–H and O–H groups in total. The molecule has 0 saturated heterocycles. The van der Waals surface area contributed by atoms with E-state index in [1.54, 1.807) is 30.5 Å². The van der Waals surface area contributed by atoms with Gasteiger partial charge in [0.1, 0.15) is 5.82 Å². The second kappa shape index (κ2) is 6.39. The Hall–Kier alpha value is -2.57. The predicted molar refractivity (Wildman–Crippen MR) is 69.4 cm³/mol. The Morgan fingerprint density at radius 3 is 2.74 bits per heavy atom. The van der Waals surface area contributed by atoms with Crippen LogP contribution in [0.25, 0.3) is 0 Å². The molecule has 0 unspecified atom stereocenters. The molecule has 7 nitrogen and oxygen atoms in total. The molecule has 0 radical (unpaired) electrons. The molecular weight excluding hydrogens is 244 g/mol. The van der Waals surface area contributed by atoms with E-state index in [0.29, 0.717) is 18.1 Å². The van der Waals surface area contributed by atoms with Gasteiger partial charge >= 0.3 is 0 Å². The van der Waals surface area contributed by atoms with Crippen LogP contribution in [0.4, 0.5) is 5.82 Å². The average Bonchev–Trinajstić information content (AvgIpc) is 2.47. The van der Waals surface area contributed by atoms with E-state index < -0.39 is 0 Å². The lowest BCUT2D eigenvalue weighted by atomic mass is 10.3.